The lowest BCUT2D eigenvalue weighted by atomic mass is 10.1. The monoisotopic (exact) mass is 390 g/mol. The van der Waals surface area contributed by atoms with Crippen LogP contribution < -0.4 is 5.56 Å². The van der Waals surface area contributed by atoms with E-state index in [1.807, 2.05) is 84.9 Å². The van der Waals surface area contributed by atoms with Gasteiger partial charge in [-0.15, -0.1) is 0 Å². The summed E-state index contributed by atoms with van der Waals surface area (Å²) < 4.78 is 1.67. The number of aromatic nitrogens is 2. The van der Waals surface area contributed by atoms with Crippen LogP contribution in [-0.2, 0) is 0 Å². The van der Waals surface area contributed by atoms with Gasteiger partial charge in [-0.1, -0.05) is 66.7 Å². The van der Waals surface area contributed by atoms with Crippen LogP contribution in [0.25, 0.3) is 39.5 Å². The molecule has 5 aromatic rings. The van der Waals surface area contributed by atoms with Crippen LogP contribution in [0, 0.1) is 0 Å². The Morgan fingerprint density at radius 3 is 2.27 bits per heavy atom. The molecule has 0 fully saturated rings. The maximum Gasteiger partial charge on any atom is 0.266 e. The molecule has 0 saturated heterocycles. The van der Waals surface area contributed by atoms with Crippen molar-refractivity contribution in [3.8, 4) is 11.4 Å². The Morgan fingerprint density at radius 1 is 0.733 bits per heavy atom. The first-order valence-corrected chi connectivity index (χ1v) is 9.68. The van der Waals surface area contributed by atoms with Gasteiger partial charge in [0.1, 0.15) is 11.6 Å². The standard InChI is InChI=1S/C26H18N2O2/c29-20-15-12-18(13-16-20)14-17-25-27-23-10-4-3-9-22(23)26(30)28(25)24-11-5-7-19-6-1-2-8-21(19)24/h1-17,29H. The van der Waals surface area contributed by atoms with Crippen molar-refractivity contribution in [2.45, 2.75) is 0 Å². The average Bonchev–Trinajstić information content (AvgIpc) is 2.79. The number of phenolic OH excluding ortho intramolecular Hbond substituents is 1. The van der Waals surface area contributed by atoms with Crippen molar-refractivity contribution < 1.29 is 5.11 Å². The number of phenols is 1. The fourth-order valence-electron chi connectivity index (χ4n) is 3.65. The molecule has 30 heavy (non-hydrogen) atoms. The molecular weight excluding hydrogens is 372 g/mol. The summed E-state index contributed by atoms with van der Waals surface area (Å²) in [6.07, 6.45) is 3.72. The van der Waals surface area contributed by atoms with E-state index in [4.69, 9.17) is 4.98 Å². The van der Waals surface area contributed by atoms with Crippen molar-refractivity contribution >= 4 is 33.8 Å². The van der Waals surface area contributed by atoms with E-state index < -0.39 is 0 Å². The van der Waals surface area contributed by atoms with Gasteiger partial charge >= 0.3 is 0 Å². The highest BCUT2D eigenvalue weighted by Gasteiger charge is 2.13. The predicted octanol–water partition coefficient (Wildman–Crippen LogP) is 5.41. The lowest BCUT2D eigenvalue weighted by Gasteiger charge is -2.14. The van der Waals surface area contributed by atoms with E-state index in [0.717, 1.165) is 22.0 Å². The van der Waals surface area contributed by atoms with Crippen LogP contribution in [0.3, 0.4) is 0 Å². The first-order chi connectivity index (χ1) is 14.7. The third-order valence-electron chi connectivity index (χ3n) is 5.13. The average molecular weight is 390 g/mol. The van der Waals surface area contributed by atoms with Crippen LogP contribution in [0.4, 0.5) is 0 Å². The first-order valence-electron chi connectivity index (χ1n) is 9.68. The molecule has 144 valence electrons. The maximum atomic E-state index is 13.5. The topological polar surface area (TPSA) is 55.1 Å². The van der Waals surface area contributed by atoms with Crippen molar-refractivity contribution in [1.82, 2.24) is 9.55 Å². The maximum absolute atomic E-state index is 13.5. The highest BCUT2D eigenvalue weighted by molar-refractivity contribution is 5.91. The molecular formula is C26H18N2O2. The smallest absolute Gasteiger partial charge is 0.266 e. The number of aromatic hydroxyl groups is 1. The summed E-state index contributed by atoms with van der Waals surface area (Å²) >= 11 is 0. The largest absolute Gasteiger partial charge is 0.508 e. The molecule has 0 amide bonds. The molecule has 4 nitrogen and oxygen atoms in total. The fourth-order valence-corrected chi connectivity index (χ4v) is 3.65. The van der Waals surface area contributed by atoms with E-state index in [1.165, 1.54) is 0 Å². The van der Waals surface area contributed by atoms with E-state index >= 15 is 0 Å². The molecule has 5 rings (SSSR count). The summed E-state index contributed by atoms with van der Waals surface area (Å²) in [7, 11) is 0. The van der Waals surface area contributed by atoms with Gasteiger partial charge in [-0.2, -0.15) is 0 Å². The minimum absolute atomic E-state index is 0.109. The fraction of sp³-hybridized carbons (Fsp3) is 0. The molecule has 0 unspecified atom stereocenters. The lowest BCUT2D eigenvalue weighted by molar-refractivity contribution is 0.475. The number of hydrogen-bond acceptors (Lipinski definition) is 3. The second-order valence-electron chi connectivity index (χ2n) is 7.05. The van der Waals surface area contributed by atoms with Gasteiger partial charge in [-0.3, -0.25) is 9.36 Å². The number of rotatable bonds is 3. The highest BCUT2D eigenvalue weighted by atomic mass is 16.3. The van der Waals surface area contributed by atoms with Crippen molar-refractivity contribution in [2.24, 2.45) is 0 Å². The van der Waals surface area contributed by atoms with Crippen molar-refractivity contribution in [1.29, 1.82) is 0 Å². The van der Waals surface area contributed by atoms with Crippen LogP contribution in [0.2, 0.25) is 0 Å². The molecule has 1 aromatic heterocycles. The second kappa shape index (κ2) is 7.33. The van der Waals surface area contributed by atoms with Gasteiger partial charge in [0.15, 0.2) is 0 Å². The molecule has 4 heteroatoms. The molecule has 1 heterocycles. The van der Waals surface area contributed by atoms with E-state index in [2.05, 4.69) is 0 Å². The van der Waals surface area contributed by atoms with Gasteiger partial charge in [0.25, 0.3) is 5.56 Å². The molecule has 0 aliphatic carbocycles. The van der Waals surface area contributed by atoms with Crippen molar-refractivity contribution in [3.05, 3.63) is 113 Å². The third-order valence-corrected chi connectivity index (χ3v) is 5.13. The molecule has 4 aromatic carbocycles. The zero-order chi connectivity index (χ0) is 20.5. The van der Waals surface area contributed by atoms with Crippen molar-refractivity contribution in [3.63, 3.8) is 0 Å². The summed E-state index contributed by atoms with van der Waals surface area (Å²) in [5.74, 6) is 0.756. The summed E-state index contributed by atoms with van der Waals surface area (Å²) in [6, 6.07) is 28.2. The number of para-hydroxylation sites is 1. The van der Waals surface area contributed by atoms with Crippen LogP contribution in [0.15, 0.2) is 95.8 Å². The first kappa shape index (κ1) is 17.9. The normalized spacial score (nSPS) is 11.5. The molecule has 0 saturated carbocycles. The van der Waals surface area contributed by atoms with Crippen LogP contribution in [0.1, 0.15) is 11.4 Å². The van der Waals surface area contributed by atoms with Crippen LogP contribution in [0.5, 0.6) is 5.75 Å². The Hall–Kier alpha value is -4.18. The van der Waals surface area contributed by atoms with Gasteiger partial charge in [-0.05, 0) is 47.4 Å². The van der Waals surface area contributed by atoms with Gasteiger partial charge in [-0.25, -0.2) is 4.98 Å². The van der Waals surface area contributed by atoms with Gasteiger partial charge in [0, 0.05) is 5.39 Å². The van der Waals surface area contributed by atoms with E-state index in [9.17, 15) is 9.90 Å². The molecule has 0 bridgehead atoms. The van der Waals surface area contributed by atoms with Gasteiger partial charge in [0.2, 0.25) is 0 Å². The van der Waals surface area contributed by atoms with E-state index in [1.54, 1.807) is 22.8 Å². The third kappa shape index (κ3) is 3.14. The Morgan fingerprint density at radius 2 is 1.43 bits per heavy atom. The van der Waals surface area contributed by atoms with Crippen molar-refractivity contribution in [2.75, 3.05) is 0 Å². The molecule has 0 atom stereocenters. The summed E-state index contributed by atoms with van der Waals surface area (Å²) in [6.45, 7) is 0. The summed E-state index contributed by atoms with van der Waals surface area (Å²) in [4.78, 5) is 18.3. The highest BCUT2D eigenvalue weighted by Crippen LogP contribution is 2.24. The number of hydrogen-bond donors (Lipinski definition) is 1. The minimum Gasteiger partial charge on any atom is -0.508 e. The Balaban J connectivity index is 1.79. The molecule has 0 aliphatic heterocycles. The molecule has 0 spiro atoms. The summed E-state index contributed by atoms with van der Waals surface area (Å²) in [5, 5.41) is 12.1. The Kier molecular flexibility index (Phi) is 4.37. The Bertz CT molecular complexity index is 1460. The summed E-state index contributed by atoms with van der Waals surface area (Å²) in [5.41, 5.74) is 2.24. The van der Waals surface area contributed by atoms with Gasteiger partial charge in [0.05, 0.1) is 16.6 Å². The van der Waals surface area contributed by atoms with Gasteiger partial charge < -0.3 is 5.11 Å². The SMILES string of the molecule is O=c1c2ccccc2nc(C=Cc2ccc(O)cc2)n1-c1cccc2ccccc12. The molecule has 0 aliphatic rings. The van der Waals surface area contributed by atoms with E-state index in [-0.39, 0.29) is 11.3 Å². The van der Waals surface area contributed by atoms with Crippen LogP contribution >= 0.6 is 0 Å². The van der Waals surface area contributed by atoms with Crippen LogP contribution in [-0.4, -0.2) is 14.7 Å². The number of fused-ring (bicyclic) bond motifs is 2. The number of benzene rings is 4. The Labute approximate surface area is 173 Å². The second-order valence-corrected chi connectivity index (χ2v) is 7.05. The van der Waals surface area contributed by atoms with E-state index in [0.29, 0.717) is 16.7 Å². The predicted molar refractivity (Wildman–Crippen MR) is 122 cm³/mol. The zero-order valence-electron chi connectivity index (χ0n) is 16.1. The lowest BCUT2D eigenvalue weighted by Crippen LogP contribution is -2.22. The number of nitrogens with zero attached hydrogens (tertiary/aromatic N) is 2. The molecule has 1 N–H and O–H groups in total. The quantitative estimate of drug-likeness (QED) is 0.448. The molecule has 0 radical (unpaired) electrons. The zero-order valence-corrected chi connectivity index (χ0v) is 16.1. The minimum atomic E-state index is -0.109.